The van der Waals surface area contributed by atoms with E-state index < -0.39 is 5.54 Å². The van der Waals surface area contributed by atoms with Gasteiger partial charge in [-0.15, -0.1) is 0 Å². The fourth-order valence-corrected chi connectivity index (χ4v) is 3.48. The Hall–Kier alpha value is -1.86. The number of carbonyl (C=O) groups excluding carboxylic acids is 1. The summed E-state index contributed by atoms with van der Waals surface area (Å²) in [7, 11) is 0. The van der Waals surface area contributed by atoms with Crippen LogP contribution in [0.15, 0.2) is 30.3 Å². The smallest absolute Gasteiger partial charge is 0.265 e. The van der Waals surface area contributed by atoms with E-state index in [1.807, 2.05) is 18.2 Å². The van der Waals surface area contributed by atoms with Crippen LogP contribution in [0.4, 0.5) is 0 Å². The van der Waals surface area contributed by atoms with E-state index in [9.17, 15) is 10.1 Å². The summed E-state index contributed by atoms with van der Waals surface area (Å²) in [5, 5.41) is 9.46. The predicted octanol–water partition coefficient (Wildman–Crippen LogP) is 2.00. The SMILES string of the molecule is N#CC1(NNC(=O)c2ccccc2)C[C@@H]2CC[C@H]1C2. The first-order valence-corrected chi connectivity index (χ1v) is 6.77. The lowest BCUT2D eigenvalue weighted by atomic mass is 9.83. The predicted molar refractivity (Wildman–Crippen MR) is 70.8 cm³/mol. The van der Waals surface area contributed by atoms with Gasteiger partial charge in [-0.3, -0.25) is 10.2 Å². The molecule has 3 atom stereocenters. The molecule has 98 valence electrons. The number of hydrazine groups is 1. The number of hydrogen-bond donors (Lipinski definition) is 2. The molecule has 1 amide bonds. The minimum atomic E-state index is -0.562. The second kappa shape index (κ2) is 4.67. The standard InChI is InChI=1S/C15H17N3O/c16-10-15(9-11-6-7-13(15)8-11)18-17-14(19)12-4-2-1-3-5-12/h1-5,11,13,18H,6-9H2,(H,17,19)/t11-,13+,15?/m1/s1. The Bertz CT molecular complexity index is 522. The summed E-state index contributed by atoms with van der Waals surface area (Å²) in [6, 6.07) is 11.4. The average molecular weight is 255 g/mol. The van der Waals surface area contributed by atoms with E-state index in [2.05, 4.69) is 16.9 Å². The van der Waals surface area contributed by atoms with Crippen LogP contribution in [0.3, 0.4) is 0 Å². The van der Waals surface area contributed by atoms with Crippen LogP contribution in [0, 0.1) is 23.2 Å². The lowest BCUT2D eigenvalue weighted by molar-refractivity contribution is 0.0900. The number of carbonyl (C=O) groups is 1. The molecular weight excluding hydrogens is 238 g/mol. The van der Waals surface area contributed by atoms with Crippen molar-refractivity contribution in [1.29, 1.82) is 5.26 Å². The van der Waals surface area contributed by atoms with Gasteiger partial charge < -0.3 is 0 Å². The fraction of sp³-hybridized carbons (Fsp3) is 0.467. The van der Waals surface area contributed by atoms with Gasteiger partial charge >= 0.3 is 0 Å². The van der Waals surface area contributed by atoms with Crippen molar-refractivity contribution in [3.05, 3.63) is 35.9 Å². The minimum absolute atomic E-state index is 0.182. The third-order valence-corrected chi connectivity index (χ3v) is 4.48. The summed E-state index contributed by atoms with van der Waals surface area (Å²) in [5.74, 6) is 0.836. The minimum Gasteiger partial charge on any atom is -0.286 e. The molecule has 0 spiro atoms. The third kappa shape index (κ3) is 2.11. The molecule has 0 radical (unpaired) electrons. The van der Waals surface area contributed by atoms with Crippen molar-refractivity contribution >= 4 is 5.91 Å². The zero-order valence-electron chi connectivity index (χ0n) is 10.7. The molecule has 2 aliphatic carbocycles. The van der Waals surface area contributed by atoms with Crippen LogP contribution in [-0.2, 0) is 0 Å². The van der Waals surface area contributed by atoms with Crippen LogP contribution >= 0.6 is 0 Å². The summed E-state index contributed by atoms with van der Waals surface area (Å²) in [6.45, 7) is 0. The second-order valence-corrected chi connectivity index (χ2v) is 5.61. The Morgan fingerprint density at radius 3 is 2.68 bits per heavy atom. The average Bonchev–Trinajstić information content (AvgIpc) is 3.07. The highest BCUT2D eigenvalue weighted by atomic mass is 16.2. The summed E-state index contributed by atoms with van der Waals surface area (Å²) in [6.07, 6.45) is 4.28. The maximum Gasteiger partial charge on any atom is 0.265 e. The quantitative estimate of drug-likeness (QED) is 0.812. The van der Waals surface area contributed by atoms with Gasteiger partial charge in [0.05, 0.1) is 6.07 Å². The molecule has 2 aliphatic rings. The van der Waals surface area contributed by atoms with Gasteiger partial charge in [0.2, 0.25) is 0 Å². The van der Waals surface area contributed by atoms with Crippen molar-refractivity contribution in [2.75, 3.05) is 0 Å². The molecule has 19 heavy (non-hydrogen) atoms. The summed E-state index contributed by atoms with van der Waals surface area (Å²) < 4.78 is 0. The maximum atomic E-state index is 12.0. The molecule has 4 heteroatoms. The number of amides is 1. The molecule has 0 aliphatic heterocycles. The highest BCUT2D eigenvalue weighted by Gasteiger charge is 2.51. The zero-order chi connectivity index (χ0) is 13.3. The summed E-state index contributed by atoms with van der Waals surface area (Å²) in [5.41, 5.74) is 5.76. The van der Waals surface area contributed by atoms with Crippen LogP contribution in [0.5, 0.6) is 0 Å². The van der Waals surface area contributed by atoms with E-state index >= 15 is 0 Å². The summed E-state index contributed by atoms with van der Waals surface area (Å²) in [4.78, 5) is 12.0. The van der Waals surface area contributed by atoms with E-state index in [0.29, 0.717) is 17.4 Å². The lowest BCUT2D eigenvalue weighted by Crippen LogP contribution is -2.56. The number of nitriles is 1. The normalized spacial score (nSPS) is 31.9. The molecule has 0 aromatic heterocycles. The van der Waals surface area contributed by atoms with Gasteiger partial charge in [0.15, 0.2) is 0 Å². The van der Waals surface area contributed by atoms with Gasteiger partial charge in [-0.1, -0.05) is 18.2 Å². The van der Waals surface area contributed by atoms with E-state index in [-0.39, 0.29) is 5.91 Å². The highest BCUT2D eigenvalue weighted by Crippen LogP contribution is 2.50. The Labute approximate surface area is 112 Å². The van der Waals surface area contributed by atoms with Crippen LogP contribution in [0.1, 0.15) is 36.0 Å². The monoisotopic (exact) mass is 255 g/mol. The van der Waals surface area contributed by atoms with Crippen LogP contribution in [0.2, 0.25) is 0 Å². The Morgan fingerprint density at radius 1 is 1.32 bits per heavy atom. The van der Waals surface area contributed by atoms with Crippen LogP contribution < -0.4 is 10.9 Å². The van der Waals surface area contributed by atoms with E-state index in [0.717, 1.165) is 19.3 Å². The molecule has 2 N–H and O–H groups in total. The van der Waals surface area contributed by atoms with Gasteiger partial charge in [-0.25, -0.2) is 5.43 Å². The molecule has 1 unspecified atom stereocenters. The van der Waals surface area contributed by atoms with E-state index in [4.69, 9.17) is 0 Å². The van der Waals surface area contributed by atoms with E-state index in [1.54, 1.807) is 12.1 Å². The van der Waals surface area contributed by atoms with Crippen molar-refractivity contribution in [2.45, 2.75) is 31.2 Å². The largest absolute Gasteiger partial charge is 0.286 e. The molecule has 0 heterocycles. The van der Waals surface area contributed by atoms with Crippen molar-refractivity contribution in [1.82, 2.24) is 10.9 Å². The van der Waals surface area contributed by atoms with Crippen molar-refractivity contribution < 1.29 is 4.79 Å². The van der Waals surface area contributed by atoms with Crippen LogP contribution in [-0.4, -0.2) is 11.4 Å². The lowest BCUT2D eigenvalue weighted by Gasteiger charge is -2.31. The zero-order valence-corrected chi connectivity index (χ0v) is 10.7. The Morgan fingerprint density at radius 2 is 2.11 bits per heavy atom. The Kier molecular flexibility index (Phi) is 3.00. The van der Waals surface area contributed by atoms with Gasteiger partial charge in [0.1, 0.15) is 5.54 Å². The number of nitrogens with one attached hydrogen (secondary N) is 2. The molecule has 2 saturated carbocycles. The molecule has 4 nitrogen and oxygen atoms in total. The molecular formula is C15H17N3O. The summed E-state index contributed by atoms with van der Waals surface area (Å²) >= 11 is 0. The van der Waals surface area contributed by atoms with Gasteiger partial charge in [-0.05, 0) is 49.7 Å². The second-order valence-electron chi connectivity index (χ2n) is 5.61. The van der Waals surface area contributed by atoms with E-state index in [1.165, 1.54) is 6.42 Å². The number of rotatable bonds is 3. The van der Waals surface area contributed by atoms with Crippen molar-refractivity contribution in [3.8, 4) is 6.07 Å². The molecule has 0 saturated heterocycles. The topological polar surface area (TPSA) is 64.9 Å². The molecule has 1 aromatic rings. The first-order chi connectivity index (χ1) is 9.23. The van der Waals surface area contributed by atoms with Gasteiger partial charge in [0.25, 0.3) is 5.91 Å². The maximum absolute atomic E-state index is 12.0. The number of benzene rings is 1. The van der Waals surface area contributed by atoms with Crippen molar-refractivity contribution in [2.24, 2.45) is 11.8 Å². The Balaban J connectivity index is 1.66. The van der Waals surface area contributed by atoms with Gasteiger partial charge in [-0.2, -0.15) is 5.26 Å². The molecule has 3 rings (SSSR count). The first-order valence-electron chi connectivity index (χ1n) is 6.77. The van der Waals surface area contributed by atoms with Gasteiger partial charge in [0, 0.05) is 5.56 Å². The molecule has 1 aromatic carbocycles. The van der Waals surface area contributed by atoms with Crippen LogP contribution in [0.25, 0.3) is 0 Å². The number of hydrogen-bond acceptors (Lipinski definition) is 3. The molecule has 2 bridgehead atoms. The number of fused-ring (bicyclic) bond motifs is 2. The molecule has 2 fully saturated rings. The third-order valence-electron chi connectivity index (χ3n) is 4.48. The fourth-order valence-electron chi connectivity index (χ4n) is 3.48. The number of nitrogens with zero attached hydrogens (tertiary/aromatic N) is 1. The highest BCUT2D eigenvalue weighted by molar-refractivity contribution is 5.93. The van der Waals surface area contributed by atoms with Crippen molar-refractivity contribution in [3.63, 3.8) is 0 Å². The first kappa shape index (κ1) is 12.2.